The van der Waals surface area contributed by atoms with Gasteiger partial charge in [-0.15, -0.1) is 0 Å². The molecule has 1 aromatic carbocycles. The van der Waals surface area contributed by atoms with Crippen molar-refractivity contribution in [1.82, 2.24) is 9.88 Å². The Balaban J connectivity index is 1.36. The number of nitrogens with one attached hydrogen (secondary N) is 1. The number of rotatable bonds is 7. The van der Waals surface area contributed by atoms with Crippen LogP contribution in [-0.4, -0.2) is 56.2 Å². The van der Waals surface area contributed by atoms with Crippen LogP contribution in [0.4, 0.5) is 11.5 Å². The minimum atomic E-state index is -0.252. The van der Waals surface area contributed by atoms with Gasteiger partial charge in [-0.1, -0.05) is 0 Å². The average Bonchev–Trinajstić information content (AvgIpc) is 3.23. The molecule has 8 heteroatoms. The van der Waals surface area contributed by atoms with E-state index in [1.54, 1.807) is 42.8 Å². The third-order valence-corrected chi connectivity index (χ3v) is 6.29. The number of methoxy groups -OCH3 is 2. The lowest BCUT2D eigenvalue weighted by Crippen LogP contribution is -2.30. The molecule has 1 N–H and O–H groups in total. The zero-order valence-corrected chi connectivity index (χ0v) is 19.2. The fourth-order valence-corrected chi connectivity index (χ4v) is 4.49. The number of carbonyl (C=O) groups is 1. The highest BCUT2D eigenvalue weighted by Gasteiger charge is 2.17. The first-order chi connectivity index (χ1) is 15.7. The first kappa shape index (κ1) is 22.1. The Kier molecular flexibility index (Phi) is 7.24. The number of anilines is 2. The van der Waals surface area contributed by atoms with Gasteiger partial charge in [0.1, 0.15) is 17.3 Å². The van der Waals surface area contributed by atoms with E-state index in [-0.39, 0.29) is 5.91 Å². The monoisotopic (exact) mass is 452 g/mol. The topological polar surface area (TPSA) is 66.9 Å². The van der Waals surface area contributed by atoms with Crippen LogP contribution in [0.25, 0.3) is 0 Å². The Morgan fingerprint density at radius 2 is 2.00 bits per heavy atom. The van der Waals surface area contributed by atoms with Crippen molar-refractivity contribution in [2.24, 2.45) is 0 Å². The molecule has 0 aliphatic carbocycles. The van der Waals surface area contributed by atoms with Crippen LogP contribution in [0.1, 0.15) is 22.3 Å². The first-order valence-electron chi connectivity index (χ1n) is 10.6. The lowest BCUT2D eigenvalue weighted by Gasteiger charge is -2.22. The van der Waals surface area contributed by atoms with E-state index in [1.165, 1.54) is 12.7 Å². The van der Waals surface area contributed by atoms with E-state index < -0.39 is 0 Å². The molecule has 1 fully saturated rings. The van der Waals surface area contributed by atoms with Crippen molar-refractivity contribution >= 4 is 28.7 Å². The molecule has 0 unspecified atom stereocenters. The van der Waals surface area contributed by atoms with Crippen molar-refractivity contribution in [3.8, 4) is 11.5 Å². The molecule has 0 spiro atoms. The van der Waals surface area contributed by atoms with Crippen LogP contribution in [0.2, 0.25) is 0 Å². The molecule has 3 heterocycles. The molecule has 0 atom stereocenters. The minimum absolute atomic E-state index is 0.252. The molecule has 7 nitrogen and oxygen atoms in total. The smallest absolute Gasteiger partial charge is 0.259 e. The maximum absolute atomic E-state index is 12.7. The molecule has 0 bridgehead atoms. The van der Waals surface area contributed by atoms with Gasteiger partial charge in [0, 0.05) is 38.8 Å². The predicted molar refractivity (Wildman–Crippen MR) is 128 cm³/mol. The summed E-state index contributed by atoms with van der Waals surface area (Å²) in [5, 5.41) is 7.25. The van der Waals surface area contributed by atoms with Crippen LogP contribution in [0.15, 0.2) is 53.4 Å². The normalized spacial score (nSPS) is 14.6. The second kappa shape index (κ2) is 10.5. The van der Waals surface area contributed by atoms with E-state index in [0.717, 1.165) is 45.0 Å². The van der Waals surface area contributed by atoms with E-state index in [1.807, 2.05) is 12.1 Å². The highest BCUT2D eigenvalue weighted by Crippen LogP contribution is 2.26. The van der Waals surface area contributed by atoms with Gasteiger partial charge in [-0.3, -0.25) is 9.69 Å². The Hall–Kier alpha value is -3.10. The average molecular weight is 453 g/mol. The van der Waals surface area contributed by atoms with Crippen molar-refractivity contribution in [1.29, 1.82) is 0 Å². The molecule has 1 aliphatic heterocycles. The number of ether oxygens (including phenoxy) is 2. The van der Waals surface area contributed by atoms with Crippen LogP contribution >= 0.6 is 11.3 Å². The lowest BCUT2D eigenvalue weighted by atomic mass is 10.1. The summed E-state index contributed by atoms with van der Waals surface area (Å²) in [6.45, 7) is 5.01. The minimum Gasteiger partial charge on any atom is -0.497 e. The number of pyridine rings is 1. The van der Waals surface area contributed by atoms with Gasteiger partial charge in [-0.2, -0.15) is 11.3 Å². The maximum Gasteiger partial charge on any atom is 0.259 e. The number of benzene rings is 1. The third-order valence-electron chi connectivity index (χ3n) is 5.56. The summed E-state index contributed by atoms with van der Waals surface area (Å²) >= 11 is 1.75. The van der Waals surface area contributed by atoms with Gasteiger partial charge in [0.2, 0.25) is 0 Å². The predicted octanol–water partition coefficient (Wildman–Crippen LogP) is 4.12. The number of hydrogen-bond acceptors (Lipinski definition) is 7. The number of nitrogens with zero attached hydrogens (tertiary/aromatic N) is 3. The summed E-state index contributed by atoms with van der Waals surface area (Å²) in [5.41, 5.74) is 2.47. The summed E-state index contributed by atoms with van der Waals surface area (Å²) in [7, 11) is 3.11. The highest BCUT2D eigenvalue weighted by atomic mass is 32.1. The Labute approximate surface area is 192 Å². The van der Waals surface area contributed by atoms with Crippen LogP contribution in [0.3, 0.4) is 0 Å². The summed E-state index contributed by atoms with van der Waals surface area (Å²) in [5.74, 6) is 1.78. The van der Waals surface area contributed by atoms with Gasteiger partial charge >= 0.3 is 0 Å². The van der Waals surface area contributed by atoms with Crippen molar-refractivity contribution in [2.75, 3.05) is 50.6 Å². The maximum atomic E-state index is 12.7. The third kappa shape index (κ3) is 5.38. The van der Waals surface area contributed by atoms with E-state index in [9.17, 15) is 4.79 Å². The van der Waals surface area contributed by atoms with Crippen molar-refractivity contribution < 1.29 is 14.3 Å². The van der Waals surface area contributed by atoms with Crippen molar-refractivity contribution in [3.63, 3.8) is 0 Å². The number of aromatic nitrogens is 1. The van der Waals surface area contributed by atoms with Crippen molar-refractivity contribution in [2.45, 2.75) is 13.0 Å². The summed E-state index contributed by atoms with van der Waals surface area (Å²) in [6.07, 6.45) is 2.80. The molecular formula is C24H28N4O3S. The molecule has 3 aromatic rings. The van der Waals surface area contributed by atoms with E-state index in [2.05, 4.69) is 36.9 Å². The van der Waals surface area contributed by atoms with E-state index in [0.29, 0.717) is 22.7 Å². The zero-order chi connectivity index (χ0) is 22.3. The molecular weight excluding hydrogens is 424 g/mol. The molecule has 168 valence electrons. The standard InChI is InChI=1S/C24H28N4O3S/c1-30-20-5-6-21(22(14-20)31-2)24(29)26-19-4-7-23(25-15-19)28-10-3-9-27(11-12-28)16-18-8-13-32-17-18/h4-8,13-15,17H,3,9-12,16H2,1-2H3,(H,26,29). The van der Waals surface area contributed by atoms with Crippen LogP contribution in [-0.2, 0) is 6.54 Å². The van der Waals surface area contributed by atoms with Gasteiger partial charge < -0.3 is 19.7 Å². The molecule has 0 saturated carbocycles. The van der Waals surface area contributed by atoms with Gasteiger partial charge in [-0.05, 0) is 53.1 Å². The SMILES string of the molecule is COc1ccc(C(=O)Nc2ccc(N3CCCN(Cc4ccsc4)CC3)nc2)c(OC)c1. The summed E-state index contributed by atoms with van der Waals surface area (Å²) in [6, 6.07) is 11.2. The van der Waals surface area contributed by atoms with Gasteiger partial charge in [0.05, 0.1) is 31.7 Å². The molecule has 1 aliphatic rings. The Morgan fingerprint density at radius 3 is 2.72 bits per heavy atom. The molecule has 2 aromatic heterocycles. The van der Waals surface area contributed by atoms with Gasteiger partial charge in [0.15, 0.2) is 0 Å². The molecule has 1 amide bonds. The number of carbonyl (C=O) groups excluding carboxylic acids is 1. The lowest BCUT2D eigenvalue weighted by molar-refractivity contribution is 0.102. The van der Waals surface area contributed by atoms with Gasteiger partial charge in [-0.25, -0.2) is 4.98 Å². The summed E-state index contributed by atoms with van der Waals surface area (Å²) < 4.78 is 10.5. The zero-order valence-electron chi connectivity index (χ0n) is 18.4. The Morgan fingerprint density at radius 1 is 1.09 bits per heavy atom. The first-order valence-corrected chi connectivity index (χ1v) is 11.6. The molecule has 0 radical (unpaired) electrons. The van der Waals surface area contributed by atoms with Gasteiger partial charge in [0.25, 0.3) is 5.91 Å². The molecule has 4 rings (SSSR count). The van der Waals surface area contributed by atoms with Crippen LogP contribution in [0.5, 0.6) is 11.5 Å². The second-order valence-electron chi connectivity index (χ2n) is 7.67. The van der Waals surface area contributed by atoms with Crippen molar-refractivity contribution in [3.05, 3.63) is 64.5 Å². The Bertz CT molecular complexity index is 1020. The van der Waals surface area contributed by atoms with E-state index in [4.69, 9.17) is 9.47 Å². The molecule has 1 saturated heterocycles. The second-order valence-corrected chi connectivity index (χ2v) is 8.45. The fraction of sp³-hybridized carbons (Fsp3) is 0.333. The van der Waals surface area contributed by atoms with Crippen LogP contribution in [0, 0.1) is 0 Å². The quantitative estimate of drug-likeness (QED) is 0.582. The highest BCUT2D eigenvalue weighted by molar-refractivity contribution is 7.07. The summed E-state index contributed by atoms with van der Waals surface area (Å²) in [4.78, 5) is 22.1. The largest absolute Gasteiger partial charge is 0.497 e. The van der Waals surface area contributed by atoms with Crippen LogP contribution < -0.4 is 19.7 Å². The number of amides is 1. The molecule has 32 heavy (non-hydrogen) atoms. The van der Waals surface area contributed by atoms with E-state index >= 15 is 0 Å². The number of hydrogen-bond donors (Lipinski definition) is 1. The number of thiophene rings is 1. The fourth-order valence-electron chi connectivity index (χ4n) is 3.83.